The maximum absolute atomic E-state index is 12.4. The van der Waals surface area contributed by atoms with Gasteiger partial charge in [0.05, 0.1) is 18.1 Å². The van der Waals surface area contributed by atoms with E-state index in [-0.39, 0.29) is 24.7 Å². The van der Waals surface area contributed by atoms with Gasteiger partial charge < -0.3 is 15.6 Å². The summed E-state index contributed by atoms with van der Waals surface area (Å²) in [5, 5.41) is 8.57. The van der Waals surface area contributed by atoms with E-state index in [0.717, 1.165) is 5.56 Å². The van der Waals surface area contributed by atoms with Crippen LogP contribution < -0.4 is 10.5 Å². The van der Waals surface area contributed by atoms with Crippen molar-refractivity contribution >= 4 is 15.7 Å². The van der Waals surface area contributed by atoms with Gasteiger partial charge >= 0.3 is 0 Å². The van der Waals surface area contributed by atoms with Crippen LogP contribution in [-0.4, -0.2) is 39.9 Å². The number of aliphatic hydroxyl groups excluding tert-OH is 1. The van der Waals surface area contributed by atoms with E-state index in [2.05, 4.69) is 4.72 Å². The summed E-state index contributed by atoms with van der Waals surface area (Å²) in [5.74, 6) is 0. The Labute approximate surface area is 126 Å². The lowest BCUT2D eigenvalue weighted by Crippen LogP contribution is -2.27. The van der Waals surface area contributed by atoms with E-state index in [1.807, 2.05) is 6.92 Å². The van der Waals surface area contributed by atoms with Gasteiger partial charge in [0.15, 0.2) is 0 Å². The largest absolute Gasteiger partial charge is 0.398 e. The van der Waals surface area contributed by atoms with E-state index < -0.39 is 10.0 Å². The zero-order chi connectivity index (χ0) is 16.0. The first-order valence-electron chi connectivity index (χ1n) is 6.85. The lowest BCUT2D eigenvalue weighted by atomic mass is 10.1. The van der Waals surface area contributed by atoms with Crippen molar-refractivity contribution in [3.05, 3.63) is 22.8 Å². The average molecular weight is 316 g/mol. The first-order valence-corrected chi connectivity index (χ1v) is 8.34. The van der Waals surface area contributed by atoms with Gasteiger partial charge in [-0.1, -0.05) is 0 Å². The SMILES string of the molecule is Cc1cc(N)c(C)c(S(=O)(=O)NCCCOCCO)c1C. The number of nitrogen functional groups attached to an aromatic ring is 1. The Morgan fingerprint density at radius 2 is 1.90 bits per heavy atom. The van der Waals surface area contributed by atoms with E-state index in [9.17, 15) is 8.42 Å². The summed E-state index contributed by atoms with van der Waals surface area (Å²) >= 11 is 0. The highest BCUT2D eigenvalue weighted by Crippen LogP contribution is 2.27. The molecule has 0 fully saturated rings. The molecule has 1 aromatic carbocycles. The average Bonchev–Trinajstić information content (AvgIpc) is 2.40. The molecule has 0 radical (unpaired) electrons. The highest BCUT2D eigenvalue weighted by atomic mass is 32.2. The van der Waals surface area contributed by atoms with Crippen molar-refractivity contribution in [2.45, 2.75) is 32.1 Å². The number of nitrogens with one attached hydrogen (secondary N) is 1. The molecule has 0 saturated carbocycles. The second-order valence-corrected chi connectivity index (χ2v) is 6.65. The molecular formula is C14H24N2O4S. The smallest absolute Gasteiger partial charge is 0.241 e. The minimum absolute atomic E-state index is 0.0350. The van der Waals surface area contributed by atoms with Crippen LogP contribution in [0.3, 0.4) is 0 Å². The molecule has 0 spiro atoms. The van der Waals surface area contributed by atoms with Crippen LogP contribution in [-0.2, 0) is 14.8 Å². The van der Waals surface area contributed by atoms with Crippen LogP contribution in [0.2, 0.25) is 0 Å². The fraction of sp³-hybridized carbons (Fsp3) is 0.571. The Hall–Kier alpha value is -1.15. The predicted octanol–water partition coefficient (Wildman–Crippen LogP) is 0.871. The van der Waals surface area contributed by atoms with E-state index >= 15 is 0 Å². The van der Waals surface area contributed by atoms with Crippen LogP contribution >= 0.6 is 0 Å². The maximum atomic E-state index is 12.4. The monoisotopic (exact) mass is 316 g/mol. The summed E-state index contributed by atoms with van der Waals surface area (Å²) in [6.07, 6.45) is 0.540. The summed E-state index contributed by atoms with van der Waals surface area (Å²) in [4.78, 5) is 0.260. The molecule has 0 saturated heterocycles. The molecule has 1 aromatic rings. The number of nitrogens with two attached hydrogens (primary N) is 1. The Kier molecular flexibility index (Phi) is 6.60. The van der Waals surface area contributed by atoms with Gasteiger partial charge in [-0.15, -0.1) is 0 Å². The van der Waals surface area contributed by atoms with Crippen LogP contribution in [0.25, 0.3) is 0 Å². The second-order valence-electron chi connectivity index (χ2n) is 4.95. The third kappa shape index (κ3) is 4.67. The molecule has 21 heavy (non-hydrogen) atoms. The quantitative estimate of drug-likeness (QED) is 0.488. The molecule has 0 aliphatic heterocycles. The van der Waals surface area contributed by atoms with Crippen molar-refractivity contribution in [3.63, 3.8) is 0 Å². The van der Waals surface area contributed by atoms with Crippen molar-refractivity contribution in [1.82, 2.24) is 4.72 Å². The normalized spacial score (nSPS) is 11.8. The van der Waals surface area contributed by atoms with Gasteiger partial charge in [0.1, 0.15) is 0 Å². The zero-order valence-corrected chi connectivity index (χ0v) is 13.6. The number of rotatable bonds is 8. The highest BCUT2D eigenvalue weighted by Gasteiger charge is 2.21. The van der Waals surface area contributed by atoms with Crippen molar-refractivity contribution in [3.8, 4) is 0 Å². The first kappa shape index (κ1) is 17.9. The standard InChI is InChI=1S/C14H24N2O4S/c1-10-9-13(15)12(3)14(11(10)2)21(18,19)16-5-4-7-20-8-6-17/h9,16-17H,4-8,15H2,1-3H3. The molecule has 4 N–H and O–H groups in total. The number of hydrogen-bond acceptors (Lipinski definition) is 5. The Bertz CT molecular complexity index is 559. The molecule has 120 valence electrons. The number of anilines is 1. The second kappa shape index (κ2) is 7.74. The summed E-state index contributed by atoms with van der Waals surface area (Å²) in [5.41, 5.74) is 8.47. The number of hydrogen-bond donors (Lipinski definition) is 3. The molecule has 0 heterocycles. The predicted molar refractivity (Wildman–Crippen MR) is 82.8 cm³/mol. The molecule has 0 aliphatic rings. The minimum Gasteiger partial charge on any atom is -0.398 e. The third-order valence-electron chi connectivity index (χ3n) is 3.34. The van der Waals surface area contributed by atoms with Crippen LogP contribution in [0.5, 0.6) is 0 Å². The number of ether oxygens (including phenoxy) is 1. The first-order chi connectivity index (χ1) is 9.81. The van der Waals surface area contributed by atoms with Gasteiger partial charge in [0, 0.05) is 18.8 Å². The van der Waals surface area contributed by atoms with Gasteiger partial charge in [-0.3, -0.25) is 0 Å². The lowest BCUT2D eigenvalue weighted by molar-refractivity contribution is 0.0913. The van der Waals surface area contributed by atoms with Gasteiger partial charge in [-0.05, 0) is 49.9 Å². The van der Waals surface area contributed by atoms with Crippen molar-refractivity contribution < 1.29 is 18.3 Å². The highest BCUT2D eigenvalue weighted by molar-refractivity contribution is 7.89. The molecule has 0 unspecified atom stereocenters. The van der Waals surface area contributed by atoms with Gasteiger partial charge in [-0.25, -0.2) is 13.1 Å². The van der Waals surface area contributed by atoms with Crippen LogP contribution in [0, 0.1) is 20.8 Å². The van der Waals surface area contributed by atoms with Gasteiger partial charge in [0.2, 0.25) is 10.0 Å². The number of sulfonamides is 1. The van der Waals surface area contributed by atoms with Gasteiger partial charge in [-0.2, -0.15) is 0 Å². The zero-order valence-electron chi connectivity index (χ0n) is 12.8. The van der Waals surface area contributed by atoms with Crippen molar-refractivity contribution in [1.29, 1.82) is 0 Å². The number of benzene rings is 1. The fourth-order valence-electron chi connectivity index (χ4n) is 2.06. The number of aryl methyl sites for hydroxylation is 1. The Morgan fingerprint density at radius 3 is 2.52 bits per heavy atom. The maximum Gasteiger partial charge on any atom is 0.241 e. The van der Waals surface area contributed by atoms with Crippen LogP contribution in [0.4, 0.5) is 5.69 Å². The fourth-order valence-corrected chi connectivity index (χ4v) is 3.71. The molecule has 0 bridgehead atoms. The van der Waals surface area contributed by atoms with Crippen LogP contribution in [0.1, 0.15) is 23.1 Å². The van der Waals surface area contributed by atoms with E-state index in [4.69, 9.17) is 15.6 Å². The molecular weight excluding hydrogens is 292 g/mol. The Balaban J connectivity index is 2.80. The molecule has 0 aliphatic carbocycles. The third-order valence-corrected chi connectivity index (χ3v) is 5.07. The van der Waals surface area contributed by atoms with Crippen molar-refractivity contribution in [2.24, 2.45) is 0 Å². The van der Waals surface area contributed by atoms with Gasteiger partial charge in [0.25, 0.3) is 0 Å². The van der Waals surface area contributed by atoms with E-state index in [1.165, 1.54) is 0 Å². The molecule has 7 heteroatoms. The number of aliphatic hydroxyl groups is 1. The Morgan fingerprint density at radius 1 is 1.24 bits per heavy atom. The van der Waals surface area contributed by atoms with E-state index in [1.54, 1.807) is 19.9 Å². The van der Waals surface area contributed by atoms with E-state index in [0.29, 0.717) is 29.8 Å². The summed E-state index contributed by atoms with van der Waals surface area (Å²) in [6.45, 7) is 6.23. The molecule has 0 amide bonds. The van der Waals surface area contributed by atoms with Crippen LogP contribution in [0.15, 0.2) is 11.0 Å². The molecule has 6 nitrogen and oxygen atoms in total. The lowest BCUT2D eigenvalue weighted by Gasteiger charge is -2.16. The van der Waals surface area contributed by atoms with Crippen molar-refractivity contribution in [2.75, 3.05) is 32.1 Å². The molecule has 0 aromatic heterocycles. The summed E-state index contributed by atoms with van der Waals surface area (Å²) < 4.78 is 32.5. The summed E-state index contributed by atoms with van der Waals surface area (Å²) in [6, 6.07) is 1.78. The topological polar surface area (TPSA) is 102 Å². The summed E-state index contributed by atoms with van der Waals surface area (Å²) in [7, 11) is -3.59. The molecule has 1 rings (SSSR count). The minimum atomic E-state index is -3.59. The molecule has 0 atom stereocenters.